The third-order valence-electron chi connectivity index (χ3n) is 2.80. The maximum Gasteiger partial charge on any atom is 0.267 e. The Bertz CT molecular complexity index is 719. The summed E-state index contributed by atoms with van der Waals surface area (Å²) in [5, 5.41) is 5.18. The average Bonchev–Trinajstić information content (AvgIpc) is 2.75. The first kappa shape index (κ1) is 14.6. The van der Waals surface area contributed by atoms with Crippen LogP contribution in [0.25, 0.3) is 16.6 Å². The third-order valence-corrected chi connectivity index (χ3v) is 3.23. The predicted molar refractivity (Wildman–Crippen MR) is 85.3 cm³/mol. The Morgan fingerprint density at radius 2 is 2.30 bits per heavy atom. The zero-order valence-corrected chi connectivity index (χ0v) is 12.9. The minimum Gasteiger partial charge on any atom is -0.496 e. The molecule has 0 saturated heterocycles. The van der Waals surface area contributed by atoms with Crippen LogP contribution in [-0.4, -0.2) is 29.8 Å². The smallest absolute Gasteiger partial charge is 0.267 e. The molecule has 0 bridgehead atoms. The highest BCUT2D eigenvalue weighted by molar-refractivity contribution is 9.10. The van der Waals surface area contributed by atoms with E-state index in [2.05, 4.69) is 32.6 Å². The summed E-state index contributed by atoms with van der Waals surface area (Å²) in [6.45, 7) is 5.63. The van der Waals surface area contributed by atoms with Crippen LogP contribution in [0.1, 0.15) is 12.6 Å². The summed E-state index contributed by atoms with van der Waals surface area (Å²) in [6, 6.07) is 1.92. The highest BCUT2D eigenvalue weighted by Crippen LogP contribution is 2.30. The van der Waals surface area contributed by atoms with Crippen molar-refractivity contribution < 1.29 is 4.74 Å². The summed E-state index contributed by atoms with van der Waals surface area (Å²) in [5.74, 6) is 0.699. The van der Waals surface area contributed by atoms with E-state index in [0.29, 0.717) is 17.1 Å². The Balaban J connectivity index is 2.75. The summed E-state index contributed by atoms with van der Waals surface area (Å²) in [6.07, 6.45) is 7.06. The molecule has 0 saturated carbocycles. The largest absolute Gasteiger partial charge is 0.496 e. The number of halogens is 1. The van der Waals surface area contributed by atoms with Crippen molar-refractivity contribution in [3.8, 4) is 0 Å². The van der Waals surface area contributed by atoms with E-state index in [1.165, 1.54) is 4.59 Å². The van der Waals surface area contributed by atoms with Gasteiger partial charge in [-0.25, -0.2) is 4.98 Å². The first-order valence-electron chi connectivity index (χ1n) is 5.95. The Kier molecular flexibility index (Phi) is 4.44. The fourth-order valence-corrected chi connectivity index (χ4v) is 2.31. The molecule has 0 aliphatic carbocycles. The van der Waals surface area contributed by atoms with E-state index in [4.69, 9.17) is 12.7 Å². The van der Waals surface area contributed by atoms with Crippen LogP contribution < -0.4 is 0 Å². The van der Waals surface area contributed by atoms with Crippen molar-refractivity contribution in [2.24, 2.45) is 0 Å². The Labute approximate surface area is 127 Å². The molecule has 0 spiro atoms. The lowest BCUT2D eigenvalue weighted by atomic mass is 10.1. The molecule has 0 aliphatic rings. The van der Waals surface area contributed by atoms with Crippen LogP contribution in [0.2, 0.25) is 0 Å². The van der Waals surface area contributed by atoms with Gasteiger partial charge in [-0.2, -0.15) is 5.10 Å². The lowest BCUT2D eigenvalue weighted by Gasteiger charge is -2.08. The summed E-state index contributed by atoms with van der Waals surface area (Å²) in [7, 11) is 7.47. The van der Waals surface area contributed by atoms with Crippen LogP contribution >= 0.6 is 15.9 Å². The molecule has 0 aliphatic heterocycles. The zero-order valence-electron chi connectivity index (χ0n) is 11.3. The summed E-state index contributed by atoms with van der Waals surface area (Å²) >= 11 is 3.41. The number of nitrogens with zero attached hydrogens (tertiary/aromatic N) is 3. The molecule has 0 amide bonds. The number of allylic oxidation sites excluding steroid dienone is 4. The van der Waals surface area contributed by atoms with Gasteiger partial charge in [-0.1, -0.05) is 12.7 Å². The van der Waals surface area contributed by atoms with Gasteiger partial charge in [0, 0.05) is 21.6 Å². The van der Waals surface area contributed by atoms with E-state index >= 15 is 0 Å². The number of methoxy groups -OCH3 is 1. The molecule has 6 heteroatoms. The van der Waals surface area contributed by atoms with Gasteiger partial charge in [-0.05, 0) is 41.1 Å². The van der Waals surface area contributed by atoms with E-state index in [1.807, 2.05) is 25.1 Å². The zero-order chi connectivity index (χ0) is 14.7. The molecule has 20 heavy (non-hydrogen) atoms. The van der Waals surface area contributed by atoms with E-state index in [9.17, 15) is 0 Å². The highest BCUT2D eigenvalue weighted by Gasteiger charge is 2.16. The van der Waals surface area contributed by atoms with Gasteiger partial charge in [-0.15, -0.1) is 0 Å². The van der Waals surface area contributed by atoms with Crippen molar-refractivity contribution in [3.05, 3.63) is 53.0 Å². The van der Waals surface area contributed by atoms with Crippen LogP contribution in [0.15, 0.2) is 47.3 Å². The molecular formula is C14H13BBrN3O. The second-order valence-electron chi connectivity index (χ2n) is 3.99. The van der Waals surface area contributed by atoms with Crippen LogP contribution in [0.5, 0.6) is 0 Å². The molecule has 2 aromatic heterocycles. The SMILES string of the molecule is [B]n1nc(C(=C/C=C)/C(=C\C)OC)c2cc(Br)cnc21. The molecular weight excluding hydrogens is 317 g/mol. The molecule has 2 radical (unpaired) electrons. The number of rotatable bonds is 4. The van der Waals surface area contributed by atoms with Crippen LogP contribution in [0.4, 0.5) is 0 Å². The fourth-order valence-electron chi connectivity index (χ4n) is 1.98. The monoisotopic (exact) mass is 329 g/mol. The van der Waals surface area contributed by atoms with Crippen LogP contribution in [-0.2, 0) is 4.74 Å². The van der Waals surface area contributed by atoms with Crippen molar-refractivity contribution in [3.63, 3.8) is 0 Å². The number of aromatic nitrogens is 3. The quantitative estimate of drug-likeness (QED) is 0.491. The molecule has 0 unspecified atom stereocenters. The van der Waals surface area contributed by atoms with Gasteiger partial charge in [0.1, 0.15) is 17.1 Å². The summed E-state index contributed by atoms with van der Waals surface area (Å²) in [4.78, 5) is 4.27. The Morgan fingerprint density at radius 3 is 2.90 bits per heavy atom. The number of pyridine rings is 1. The molecule has 0 aromatic carbocycles. The van der Waals surface area contributed by atoms with Crippen LogP contribution in [0.3, 0.4) is 0 Å². The van der Waals surface area contributed by atoms with E-state index in [0.717, 1.165) is 15.4 Å². The second kappa shape index (κ2) is 6.09. The number of hydrogen-bond acceptors (Lipinski definition) is 3. The van der Waals surface area contributed by atoms with Crippen LogP contribution in [0, 0.1) is 0 Å². The standard InChI is InChI=1S/C14H13BBrN3O/c1-4-6-10(12(5-2)20-3)13-11-7-9(16)8-17-14(11)19(15)18-13/h4-8H,1H2,2-3H3/b10-6+,12-5+. The fraction of sp³-hybridized carbons (Fsp3) is 0.143. The molecule has 100 valence electrons. The van der Waals surface area contributed by atoms with E-state index in [1.54, 1.807) is 19.4 Å². The molecule has 0 fully saturated rings. The second-order valence-corrected chi connectivity index (χ2v) is 4.91. The van der Waals surface area contributed by atoms with Gasteiger partial charge < -0.3 is 9.33 Å². The highest BCUT2D eigenvalue weighted by atomic mass is 79.9. The molecule has 4 nitrogen and oxygen atoms in total. The van der Waals surface area contributed by atoms with E-state index in [-0.39, 0.29) is 0 Å². The van der Waals surface area contributed by atoms with Crippen molar-refractivity contribution in [1.82, 2.24) is 14.7 Å². The van der Waals surface area contributed by atoms with Gasteiger partial charge in [0.2, 0.25) is 0 Å². The minimum absolute atomic E-state index is 0.602. The average molecular weight is 330 g/mol. The number of fused-ring (bicyclic) bond motifs is 1. The number of hydrogen-bond donors (Lipinski definition) is 0. The minimum atomic E-state index is 0.602. The van der Waals surface area contributed by atoms with Gasteiger partial charge in [-0.3, -0.25) is 0 Å². The Morgan fingerprint density at radius 1 is 1.55 bits per heavy atom. The van der Waals surface area contributed by atoms with E-state index < -0.39 is 0 Å². The topological polar surface area (TPSA) is 39.9 Å². The molecule has 2 heterocycles. The molecule has 2 aromatic rings. The Hall–Kier alpha value is -1.82. The van der Waals surface area contributed by atoms with Crippen molar-refractivity contribution in [1.29, 1.82) is 0 Å². The molecule has 2 rings (SSSR count). The first-order chi connectivity index (χ1) is 9.62. The predicted octanol–water partition coefficient (Wildman–Crippen LogP) is 3.25. The molecule has 0 atom stereocenters. The maximum atomic E-state index is 5.86. The normalized spacial score (nSPS) is 12.8. The summed E-state index contributed by atoms with van der Waals surface area (Å²) in [5.41, 5.74) is 2.11. The summed E-state index contributed by atoms with van der Waals surface area (Å²) < 4.78 is 7.50. The lowest BCUT2D eigenvalue weighted by Crippen LogP contribution is -1.97. The van der Waals surface area contributed by atoms with Crippen molar-refractivity contribution in [2.45, 2.75) is 6.92 Å². The lowest BCUT2D eigenvalue weighted by molar-refractivity contribution is 0.310. The maximum absolute atomic E-state index is 5.86. The van der Waals surface area contributed by atoms with Crippen molar-refractivity contribution >= 4 is 40.5 Å². The van der Waals surface area contributed by atoms with Gasteiger partial charge in [0.25, 0.3) is 7.98 Å². The van der Waals surface area contributed by atoms with Crippen molar-refractivity contribution in [2.75, 3.05) is 7.11 Å². The van der Waals surface area contributed by atoms with Gasteiger partial charge in [0.05, 0.1) is 7.11 Å². The van der Waals surface area contributed by atoms with Gasteiger partial charge in [0.15, 0.2) is 0 Å². The number of ether oxygens (including phenoxy) is 1. The van der Waals surface area contributed by atoms with Gasteiger partial charge >= 0.3 is 0 Å². The molecule has 0 N–H and O–H groups in total. The third kappa shape index (κ3) is 2.56. The first-order valence-corrected chi connectivity index (χ1v) is 6.74.